The molecule has 0 saturated carbocycles. The minimum absolute atomic E-state index is 0.0829. The van der Waals surface area contributed by atoms with Crippen molar-refractivity contribution in [3.8, 4) is 0 Å². The third kappa shape index (κ3) is 51.8. The molecule has 1 atom stereocenters. The van der Waals surface area contributed by atoms with Crippen molar-refractivity contribution in [3.05, 3.63) is 72.9 Å². The summed E-state index contributed by atoms with van der Waals surface area (Å²) < 4.78 is 16.8. The first-order valence-corrected chi connectivity index (χ1v) is 28.0. The van der Waals surface area contributed by atoms with Crippen LogP contribution in [0.15, 0.2) is 72.9 Å². The quantitative estimate of drug-likeness (QED) is 0.0199. The van der Waals surface area contributed by atoms with Crippen LogP contribution in [0.3, 0.4) is 0 Å². The van der Waals surface area contributed by atoms with Crippen LogP contribution in [0.2, 0.25) is 0 Å². The van der Waals surface area contributed by atoms with E-state index < -0.39 is 6.10 Å². The number of ether oxygens (including phenoxy) is 3. The van der Waals surface area contributed by atoms with E-state index in [1.165, 1.54) is 128 Å². The Balaban J connectivity index is 4.40. The van der Waals surface area contributed by atoms with Gasteiger partial charge in [-0.15, -0.1) is 0 Å². The monoisotopic (exact) mass is 921 g/mol. The highest BCUT2D eigenvalue weighted by Gasteiger charge is 2.19. The van der Waals surface area contributed by atoms with E-state index in [0.717, 1.165) is 103 Å². The summed E-state index contributed by atoms with van der Waals surface area (Å²) in [6, 6.07) is 0. The molecular weight excluding hydrogens is 817 g/mol. The molecule has 0 heterocycles. The molecule has 0 aromatic carbocycles. The Kier molecular flexibility index (Phi) is 51.9. The van der Waals surface area contributed by atoms with Crippen molar-refractivity contribution in [2.24, 2.45) is 0 Å². The molecule has 0 radical (unpaired) electrons. The van der Waals surface area contributed by atoms with E-state index in [2.05, 4.69) is 93.7 Å². The average molecular weight is 921 g/mol. The highest BCUT2D eigenvalue weighted by molar-refractivity contribution is 5.71. The van der Waals surface area contributed by atoms with Crippen LogP contribution in [0.25, 0.3) is 0 Å². The van der Waals surface area contributed by atoms with Gasteiger partial charge >= 0.3 is 17.9 Å². The van der Waals surface area contributed by atoms with Gasteiger partial charge in [0.15, 0.2) is 6.10 Å². The van der Waals surface area contributed by atoms with Crippen LogP contribution >= 0.6 is 0 Å². The fourth-order valence-corrected chi connectivity index (χ4v) is 7.78. The minimum Gasteiger partial charge on any atom is -0.462 e. The summed E-state index contributed by atoms with van der Waals surface area (Å²) in [5.74, 6) is -0.901. The molecule has 0 bridgehead atoms. The fraction of sp³-hybridized carbons (Fsp3) is 0.750. The summed E-state index contributed by atoms with van der Waals surface area (Å²) in [6.07, 6.45) is 68.8. The molecule has 0 aliphatic rings. The zero-order valence-electron chi connectivity index (χ0n) is 43.4. The van der Waals surface area contributed by atoms with Crippen LogP contribution in [0.4, 0.5) is 0 Å². The van der Waals surface area contributed by atoms with E-state index >= 15 is 0 Å². The fourth-order valence-electron chi connectivity index (χ4n) is 7.78. The molecule has 0 aliphatic heterocycles. The highest BCUT2D eigenvalue weighted by Crippen LogP contribution is 2.15. The number of hydrogen-bond acceptors (Lipinski definition) is 6. The Morgan fingerprint density at radius 2 is 0.636 bits per heavy atom. The van der Waals surface area contributed by atoms with Crippen LogP contribution in [-0.4, -0.2) is 37.2 Å². The zero-order chi connectivity index (χ0) is 47.9. The maximum absolute atomic E-state index is 12.8. The molecule has 0 fully saturated rings. The maximum atomic E-state index is 12.8. The van der Waals surface area contributed by atoms with Crippen molar-refractivity contribution in [1.29, 1.82) is 0 Å². The largest absolute Gasteiger partial charge is 0.462 e. The van der Waals surface area contributed by atoms with Crippen molar-refractivity contribution >= 4 is 17.9 Å². The van der Waals surface area contributed by atoms with Gasteiger partial charge in [-0.25, -0.2) is 0 Å². The third-order valence-corrected chi connectivity index (χ3v) is 12.0. The second kappa shape index (κ2) is 54.5. The van der Waals surface area contributed by atoms with E-state index in [-0.39, 0.29) is 31.1 Å². The predicted octanol–water partition coefficient (Wildman–Crippen LogP) is 18.6. The van der Waals surface area contributed by atoms with Gasteiger partial charge in [-0.3, -0.25) is 14.4 Å². The van der Waals surface area contributed by atoms with Crippen LogP contribution in [0.5, 0.6) is 0 Å². The van der Waals surface area contributed by atoms with E-state index in [4.69, 9.17) is 14.2 Å². The molecule has 0 aromatic heterocycles. The second-order valence-electron chi connectivity index (χ2n) is 18.5. The lowest BCUT2D eigenvalue weighted by Crippen LogP contribution is -2.30. The number of allylic oxidation sites excluding steroid dienone is 12. The topological polar surface area (TPSA) is 78.9 Å². The number of hydrogen-bond donors (Lipinski definition) is 0. The van der Waals surface area contributed by atoms with E-state index in [1.807, 2.05) is 0 Å². The Bertz CT molecular complexity index is 1240. The van der Waals surface area contributed by atoms with Crippen molar-refractivity contribution < 1.29 is 28.6 Å². The van der Waals surface area contributed by atoms with Crippen LogP contribution in [-0.2, 0) is 28.6 Å². The van der Waals surface area contributed by atoms with E-state index in [0.29, 0.717) is 19.3 Å². The van der Waals surface area contributed by atoms with Crippen LogP contribution in [0.1, 0.15) is 271 Å². The standard InChI is InChI=1S/C60H104O6/c1-4-7-10-13-16-19-22-25-28-29-30-31-33-35-38-41-44-47-50-53-59(62)65-56-57(55-64-58(61)52-49-46-43-40-37-34-27-24-21-18-15-12-9-6-3)66-60(63)54-51-48-45-42-39-36-32-26-23-20-17-14-11-8-5-2/h7,10,16-17,19-20,23,25-26,28,30-31,57H,4-6,8-9,11-15,18,21-22,24,27,29,32-56H2,1-3H3/b10-7-,19-16-,20-17-,26-23-,28-25-,31-30-. The van der Waals surface area contributed by atoms with E-state index in [9.17, 15) is 14.4 Å². The molecule has 0 amide bonds. The van der Waals surface area contributed by atoms with Gasteiger partial charge in [-0.1, -0.05) is 241 Å². The summed E-state index contributed by atoms with van der Waals surface area (Å²) in [6.45, 7) is 6.49. The van der Waals surface area contributed by atoms with Crippen molar-refractivity contribution in [2.45, 2.75) is 277 Å². The van der Waals surface area contributed by atoms with Gasteiger partial charge in [0.05, 0.1) is 0 Å². The Hall–Kier alpha value is -3.15. The van der Waals surface area contributed by atoms with Gasteiger partial charge in [0, 0.05) is 19.3 Å². The molecule has 0 aliphatic carbocycles. The molecule has 0 N–H and O–H groups in total. The smallest absolute Gasteiger partial charge is 0.306 e. The van der Waals surface area contributed by atoms with Gasteiger partial charge in [0.2, 0.25) is 0 Å². The number of carbonyl (C=O) groups excluding carboxylic acids is 3. The Morgan fingerprint density at radius 3 is 1.05 bits per heavy atom. The molecule has 380 valence electrons. The molecule has 0 saturated heterocycles. The molecular formula is C60H104O6. The normalized spacial score (nSPS) is 12.6. The predicted molar refractivity (Wildman–Crippen MR) is 284 cm³/mol. The summed E-state index contributed by atoms with van der Waals surface area (Å²) >= 11 is 0. The minimum atomic E-state index is -0.786. The first-order chi connectivity index (χ1) is 32.5. The molecule has 66 heavy (non-hydrogen) atoms. The second-order valence-corrected chi connectivity index (χ2v) is 18.5. The lowest BCUT2D eigenvalue weighted by Gasteiger charge is -2.18. The number of esters is 3. The van der Waals surface area contributed by atoms with Crippen molar-refractivity contribution in [3.63, 3.8) is 0 Å². The summed E-state index contributed by atoms with van der Waals surface area (Å²) in [7, 11) is 0. The Labute approximate surface area is 408 Å². The van der Waals surface area contributed by atoms with Gasteiger partial charge in [-0.05, 0) is 83.5 Å². The molecule has 6 nitrogen and oxygen atoms in total. The Morgan fingerprint density at radius 1 is 0.333 bits per heavy atom. The molecule has 0 spiro atoms. The average Bonchev–Trinajstić information content (AvgIpc) is 3.31. The van der Waals surface area contributed by atoms with Gasteiger partial charge in [0.25, 0.3) is 0 Å². The molecule has 1 unspecified atom stereocenters. The van der Waals surface area contributed by atoms with E-state index in [1.54, 1.807) is 0 Å². The molecule has 0 rings (SSSR count). The lowest BCUT2D eigenvalue weighted by atomic mass is 10.0. The number of unbranched alkanes of at least 4 members (excludes halogenated alkanes) is 28. The van der Waals surface area contributed by atoms with Gasteiger partial charge in [-0.2, -0.15) is 0 Å². The van der Waals surface area contributed by atoms with Crippen LogP contribution < -0.4 is 0 Å². The van der Waals surface area contributed by atoms with Crippen molar-refractivity contribution in [2.75, 3.05) is 13.2 Å². The summed E-state index contributed by atoms with van der Waals surface area (Å²) in [5.41, 5.74) is 0. The summed E-state index contributed by atoms with van der Waals surface area (Å²) in [5, 5.41) is 0. The van der Waals surface area contributed by atoms with Crippen molar-refractivity contribution in [1.82, 2.24) is 0 Å². The number of carbonyl (C=O) groups is 3. The molecule has 6 heteroatoms. The highest BCUT2D eigenvalue weighted by atomic mass is 16.6. The molecule has 0 aromatic rings. The maximum Gasteiger partial charge on any atom is 0.306 e. The van der Waals surface area contributed by atoms with Gasteiger partial charge in [0.1, 0.15) is 13.2 Å². The first kappa shape index (κ1) is 62.8. The summed E-state index contributed by atoms with van der Waals surface area (Å²) in [4.78, 5) is 38.1. The first-order valence-electron chi connectivity index (χ1n) is 28.0. The third-order valence-electron chi connectivity index (χ3n) is 12.0. The zero-order valence-corrected chi connectivity index (χ0v) is 43.4. The van der Waals surface area contributed by atoms with Gasteiger partial charge < -0.3 is 14.2 Å². The lowest BCUT2D eigenvalue weighted by molar-refractivity contribution is -0.167. The number of rotatable bonds is 50. The SMILES string of the molecule is CC/C=C\C/C=C\C/C=C\C/C=C\CCCCCCCCC(=O)OCC(COC(=O)CCCCCCCCCCCCCCCC)OC(=O)CCCCCCCC/C=C\C=C/CCCCC. The van der Waals surface area contributed by atoms with Crippen LogP contribution in [0, 0.1) is 0 Å².